The molecule has 0 saturated heterocycles. The molecule has 0 atom stereocenters. The summed E-state index contributed by atoms with van der Waals surface area (Å²) in [6.45, 7) is 4.02. The summed E-state index contributed by atoms with van der Waals surface area (Å²) in [6, 6.07) is 3.06. The van der Waals surface area contributed by atoms with Crippen molar-refractivity contribution < 1.29 is 4.39 Å². The summed E-state index contributed by atoms with van der Waals surface area (Å²) >= 11 is 14.0. The molecule has 1 aromatic heterocycles. The van der Waals surface area contributed by atoms with E-state index in [0.29, 0.717) is 26.3 Å². The van der Waals surface area contributed by atoms with Gasteiger partial charge in [-0.2, -0.15) is 0 Å². The molecule has 2 nitrogen and oxygen atoms in total. The van der Waals surface area contributed by atoms with Gasteiger partial charge in [0.25, 0.3) is 0 Å². The molecule has 2 aromatic rings. The fraction of sp³-hybridized carbons (Fsp3) is 0.100. The zero-order valence-electron chi connectivity index (χ0n) is 8.06. The summed E-state index contributed by atoms with van der Waals surface area (Å²) in [6.07, 6.45) is 0. The smallest absolute Gasteiger partial charge is 0.178 e. The van der Waals surface area contributed by atoms with E-state index in [4.69, 9.17) is 23.8 Å². The largest absolute Gasteiger partial charge is 0.330 e. The van der Waals surface area contributed by atoms with Gasteiger partial charge in [0, 0.05) is 11.1 Å². The Kier molecular flexibility index (Phi) is 3.19. The molecule has 84 valence electrons. The third kappa shape index (κ3) is 2.07. The first-order valence-corrected chi connectivity index (χ1v) is 5.98. The number of benzene rings is 1. The summed E-state index contributed by atoms with van der Waals surface area (Å²) in [5.74, 6) is -0.333. The summed E-state index contributed by atoms with van der Waals surface area (Å²) in [5, 5.41) is 0.470. The predicted octanol–water partition coefficient (Wildman–Crippen LogP) is 4.35. The van der Waals surface area contributed by atoms with Crippen LogP contribution in [0.3, 0.4) is 0 Å². The van der Waals surface area contributed by atoms with Crippen molar-refractivity contribution in [2.24, 2.45) is 0 Å². The van der Waals surface area contributed by atoms with E-state index < -0.39 is 0 Å². The molecule has 1 aromatic carbocycles. The van der Waals surface area contributed by atoms with Gasteiger partial charge in [-0.25, -0.2) is 4.39 Å². The summed E-state index contributed by atoms with van der Waals surface area (Å²) in [7, 11) is 0. The highest BCUT2D eigenvalue weighted by Gasteiger charge is 2.08. The quantitative estimate of drug-likeness (QED) is 0.815. The maximum Gasteiger partial charge on any atom is 0.178 e. The number of hydrogen-bond acceptors (Lipinski definition) is 1. The lowest BCUT2D eigenvalue weighted by molar-refractivity contribution is 0.622. The SMILES string of the molecule is C=C(Cl)Cn1c(=S)[nH]c2cc(F)c(Br)cc21. The van der Waals surface area contributed by atoms with Crippen LogP contribution in [0, 0.1) is 10.6 Å². The van der Waals surface area contributed by atoms with E-state index in [9.17, 15) is 4.39 Å². The molecule has 16 heavy (non-hydrogen) atoms. The van der Waals surface area contributed by atoms with Crippen LogP contribution in [0.2, 0.25) is 0 Å². The Bertz CT molecular complexity index is 632. The molecule has 0 unspecified atom stereocenters. The molecular weight excluding hydrogens is 315 g/mol. The Morgan fingerprint density at radius 3 is 2.94 bits per heavy atom. The standard InChI is InChI=1S/C10H7BrClFN2S/c1-5(12)4-15-9-2-6(11)7(13)3-8(9)14-10(15)16/h2-3H,1,4H2,(H,14,16). The fourth-order valence-corrected chi connectivity index (χ4v) is 2.20. The molecule has 0 fully saturated rings. The fourth-order valence-electron chi connectivity index (χ4n) is 1.48. The van der Waals surface area contributed by atoms with Gasteiger partial charge in [0.15, 0.2) is 4.77 Å². The third-order valence-electron chi connectivity index (χ3n) is 2.15. The van der Waals surface area contributed by atoms with Gasteiger partial charge in [-0.3, -0.25) is 0 Å². The second kappa shape index (κ2) is 4.31. The normalized spacial score (nSPS) is 10.9. The molecule has 0 spiro atoms. The molecule has 1 N–H and O–H groups in total. The predicted molar refractivity (Wildman–Crippen MR) is 69.8 cm³/mol. The van der Waals surface area contributed by atoms with Crippen LogP contribution in [-0.2, 0) is 6.54 Å². The van der Waals surface area contributed by atoms with Gasteiger partial charge in [0.2, 0.25) is 0 Å². The molecular formula is C10H7BrClFN2S. The highest BCUT2D eigenvalue weighted by Crippen LogP contribution is 2.24. The van der Waals surface area contributed by atoms with E-state index in [1.54, 1.807) is 10.6 Å². The lowest BCUT2D eigenvalue weighted by Gasteiger charge is -2.02. The minimum absolute atomic E-state index is 0.333. The summed E-state index contributed by atoms with van der Waals surface area (Å²) in [4.78, 5) is 2.92. The number of nitrogens with zero attached hydrogens (tertiary/aromatic N) is 1. The molecule has 0 amide bonds. The number of imidazole rings is 1. The van der Waals surface area contributed by atoms with E-state index in [-0.39, 0.29) is 5.82 Å². The van der Waals surface area contributed by atoms with Crippen molar-refractivity contribution in [2.75, 3.05) is 0 Å². The number of hydrogen-bond donors (Lipinski definition) is 1. The van der Waals surface area contributed by atoms with Gasteiger partial charge in [-0.05, 0) is 34.2 Å². The number of H-pyrrole nitrogens is 1. The van der Waals surface area contributed by atoms with Crippen LogP contribution in [0.5, 0.6) is 0 Å². The second-order valence-electron chi connectivity index (χ2n) is 3.32. The van der Waals surface area contributed by atoms with Gasteiger partial charge in [0.1, 0.15) is 5.82 Å². The van der Waals surface area contributed by atoms with Gasteiger partial charge < -0.3 is 9.55 Å². The minimum Gasteiger partial charge on any atom is -0.330 e. The number of aromatic nitrogens is 2. The van der Waals surface area contributed by atoms with Crippen molar-refractivity contribution in [1.82, 2.24) is 9.55 Å². The average molecular weight is 322 g/mol. The van der Waals surface area contributed by atoms with E-state index in [2.05, 4.69) is 27.5 Å². The summed E-state index contributed by atoms with van der Waals surface area (Å²) < 4.78 is 16.0. The lowest BCUT2D eigenvalue weighted by atomic mass is 10.3. The molecule has 0 aliphatic carbocycles. The Morgan fingerprint density at radius 1 is 1.62 bits per heavy atom. The molecule has 0 radical (unpaired) electrons. The van der Waals surface area contributed by atoms with Crippen molar-refractivity contribution in [3.63, 3.8) is 0 Å². The zero-order chi connectivity index (χ0) is 11.9. The highest BCUT2D eigenvalue weighted by atomic mass is 79.9. The van der Waals surface area contributed by atoms with E-state index in [1.807, 2.05) is 0 Å². The van der Waals surface area contributed by atoms with Gasteiger partial charge in [-0.15, -0.1) is 0 Å². The molecule has 0 aliphatic heterocycles. The summed E-state index contributed by atoms with van der Waals surface area (Å²) in [5.41, 5.74) is 1.43. The number of halogens is 3. The van der Waals surface area contributed by atoms with Crippen LogP contribution in [0.4, 0.5) is 4.39 Å². The van der Waals surface area contributed by atoms with Crippen LogP contribution in [-0.4, -0.2) is 9.55 Å². The first-order valence-electron chi connectivity index (χ1n) is 4.40. The van der Waals surface area contributed by atoms with Gasteiger partial charge >= 0.3 is 0 Å². The Balaban J connectivity index is 2.74. The highest BCUT2D eigenvalue weighted by molar-refractivity contribution is 9.10. The maximum absolute atomic E-state index is 13.3. The van der Waals surface area contributed by atoms with Crippen LogP contribution in [0.25, 0.3) is 11.0 Å². The van der Waals surface area contributed by atoms with Crippen LogP contribution in [0.15, 0.2) is 28.2 Å². The van der Waals surface area contributed by atoms with Gasteiger partial charge in [0.05, 0.1) is 22.1 Å². The topological polar surface area (TPSA) is 20.7 Å². The van der Waals surface area contributed by atoms with Crippen LogP contribution < -0.4 is 0 Å². The first kappa shape index (κ1) is 11.8. The number of fused-ring (bicyclic) bond motifs is 1. The van der Waals surface area contributed by atoms with E-state index in [1.165, 1.54) is 6.07 Å². The first-order chi connectivity index (χ1) is 7.49. The average Bonchev–Trinajstić information content (AvgIpc) is 2.45. The molecule has 6 heteroatoms. The number of rotatable bonds is 2. The van der Waals surface area contributed by atoms with Crippen LogP contribution in [0.1, 0.15) is 0 Å². The lowest BCUT2D eigenvalue weighted by Crippen LogP contribution is -1.97. The third-order valence-corrected chi connectivity index (χ3v) is 3.20. The maximum atomic E-state index is 13.3. The second-order valence-corrected chi connectivity index (χ2v) is 5.09. The van der Waals surface area contributed by atoms with E-state index in [0.717, 1.165) is 5.52 Å². The number of nitrogens with one attached hydrogen (secondary N) is 1. The van der Waals surface area contributed by atoms with Crippen molar-refractivity contribution in [1.29, 1.82) is 0 Å². The molecule has 2 rings (SSSR count). The minimum atomic E-state index is -0.333. The number of aromatic amines is 1. The van der Waals surface area contributed by atoms with Crippen molar-refractivity contribution >= 4 is 50.8 Å². The Hall–Kier alpha value is -0.650. The molecule has 0 aliphatic rings. The van der Waals surface area contributed by atoms with Crippen molar-refractivity contribution in [2.45, 2.75) is 6.54 Å². The number of allylic oxidation sites excluding steroid dienone is 1. The molecule has 1 heterocycles. The van der Waals surface area contributed by atoms with Crippen molar-refractivity contribution in [3.05, 3.63) is 38.8 Å². The zero-order valence-corrected chi connectivity index (χ0v) is 11.2. The Labute approximate surface area is 110 Å². The van der Waals surface area contributed by atoms with Crippen molar-refractivity contribution in [3.8, 4) is 0 Å². The van der Waals surface area contributed by atoms with Gasteiger partial charge in [-0.1, -0.05) is 18.2 Å². The molecule has 0 saturated carbocycles. The monoisotopic (exact) mass is 320 g/mol. The Morgan fingerprint density at radius 2 is 2.31 bits per heavy atom. The van der Waals surface area contributed by atoms with E-state index >= 15 is 0 Å². The van der Waals surface area contributed by atoms with Crippen LogP contribution >= 0.6 is 39.7 Å². The molecule has 0 bridgehead atoms.